The lowest BCUT2D eigenvalue weighted by Crippen LogP contribution is -2.44. The molecule has 1 aliphatic rings. The maximum atomic E-state index is 12.0. The van der Waals surface area contributed by atoms with Gasteiger partial charge in [-0.15, -0.1) is 0 Å². The Morgan fingerprint density at radius 3 is 1.75 bits per heavy atom. The third-order valence-electron chi connectivity index (χ3n) is 3.39. The summed E-state index contributed by atoms with van der Waals surface area (Å²) < 4.78 is 0. The van der Waals surface area contributed by atoms with Crippen LogP contribution in [0.1, 0.15) is 41.5 Å². The van der Waals surface area contributed by atoms with E-state index in [9.17, 15) is 9.59 Å². The van der Waals surface area contributed by atoms with Crippen molar-refractivity contribution < 1.29 is 9.59 Å². The summed E-state index contributed by atoms with van der Waals surface area (Å²) in [4.78, 5) is 25.7. The fourth-order valence-corrected chi connectivity index (χ4v) is 2.75. The normalized spacial score (nSPS) is 26.7. The molecule has 0 spiro atoms. The van der Waals surface area contributed by atoms with Gasteiger partial charge in [-0.2, -0.15) is 0 Å². The van der Waals surface area contributed by atoms with Gasteiger partial charge in [0.25, 0.3) is 5.91 Å². The van der Waals surface area contributed by atoms with Crippen molar-refractivity contribution >= 4 is 11.7 Å². The number of likely N-dealkylation sites (tertiary alicyclic amines) is 1. The minimum absolute atomic E-state index is 0.0694. The van der Waals surface area contributed by atoms with Crippen LogP contribution in [0.4, 0.5) is 0 Å². The minimum Gasteiger partial charge on any atom is -0.330 e. The average Bonchev–Trinajstić information content (AvgIpc) is 2.39. The van der Waals surface area contributed by atoms with Gasteiger partial charge in [-0.25, -0.2) is 0 Å². The molecule has 1 aliphatic heterocycles. The van der Waals surface area contributed by atoms with E-state index in [2.05, 4.69) is 13.8 Å². The Hall–Kier alpha value is -0.860. The van der Waals surface area contributed by atoms with Crippen LogP contribution >= 0.6 is 0 Å². The van der Waals surface area contributed by atoms with E-state index < -0.39 is 0 Å². The molecule has 0 radical (unpaired) electrons. The molecule has 3 heteroatoms. The van der Waals surface area contributed by atoms with Gasteiger partial charge in [0.15, 0.2) is 0 Å². The monoisotopic (exact) mass is 225 g/mol. The Labute approximate surface area is 98.2 Å². The van der Waals surface area contributed by atoms with Crippen molar-refractivity contribution in [3.05, 3.63) is 0 Å². The first-order valence-electron chi connectivity index (χ1n) is 6.15. The second-order valence-corrected chi connectivity index (χ2v) is 5.67. The van der Waals surface area contributed by atoms with Crippen LogP contribution in [0.3, 0.4) is 0 Å². The number of amides is 1. The molecular weight excluding hydrogens is 202 g/mol. The number of carbonyl (C=O) groups excluding carboxylic acids is 2. The molecule has 0 N–H and O–H groups in total. The third kappa shape index (κ3) is 2.00. The highest BCUT2D eigenvalue weighted by molar-refractivity contribution is 6.39. The smallest absolute Gasteiger partial charge is 0.290 e. The molecule has 1 fully saturated rings. The van der Waals surface area contributed by atoms with Crippen molar-refractivity contribution in [1.29, 1.82) is 0 Å². The number of nitrogens with zero attached hydrogens (tertiary/aromatic N) is 1. The Balaban J connectivity index is 3.12. The van der Waals surface area contributed by atoms with E-state index >= 15 is 0 Å². The lowest BCUT2D eigenvalue weighted by atomic mass is 9.82. The van der Waals surface area contributed by atoms with Crippen LogP contribution in [0.5, 0.6) is 0 Å². The van der Waals surface area contributed by atoms with Crippen molar-refractivity contribution in [2.75, 3.05) is 0 Å². The fourth-order valence-electron chi connectivity index (χ4n) is 2.75. The van der Waals surface area contributed by atoms with E-state index in [4.69, 9.17) is 0 Å². The van der Waals surface area contributed by atoms with Gasteiger partial charge in [0.05, 0.1) is 5.92 Å². The number of hydrogen-bond acceptors (Lipinski definition) is 2. The fraction of sp³-hybridized carbons (Fsp3) is 0.846. The number of Topliss-reactive ketones (excluding diaryl/α,β-unsaturated/α-hetero) is 1. The Kier molecular flexibility index (Phi) is 3.76. The van der Waals surface area contributed by atoms with Gasteiger partial charge in [0.1, 0.15) is 0 Å². The van der Waals surface area contributed by atoms with Gasteiger partial charge < -0.3 is 4.90 Å². The van der Waals surface area contributed by atoms with Gasteiger partial charge in [-0.05, 0) is 25.7 Å². The summed E-state index contributed by atoms with van der Waals surface area (Å²) >= 11 is 0. The largest absolute Gasteiger partial charge is 0.330 e. The molecule has 1 heterocycles. The molecule has 0 aromatic carbocycles. The number of hydrogen-bond donors (Lipinski definition) is 0. The van der Waals surface area contributed by atoms with E-state index in [1.165, 1.54) is 0 Å². The first-order valence-corrected chi connectivity index (χ1v) is 6.15. The molecular formula is C13H23NO2. The number of rotatable bonds is 3. The zero-order valence-electron chi connectivity index (χ0n) is 11.2. The van der Waals surface area contributed by atoms with E-state index in [0.29, 0.717) is 5.92 Å². The van der Waals surface area contributed by atoms with E-state index in [1.54, 1.807) is 4.90 Å². The van der Waals surface area contributed by atoms with Crippen molar-refractivity contribution in [3.8, 4) is 0 Å². The topological polar surface area (TPSA) is 37.4 Å². The number of carbonyl (C=O) groups is 2. The molecule has 1 rings (SSSR count). The summed E-state index contributed by atoms with van der Waals surface area (Å²) in [6.07, 6.45) is 0. The van der Waals surface area contributed by atoms with Crippen LogP contribution in [-0.4, -0.2) is 28.7 Å². The molecule has 1 saturated heterocycles. The Morgan fingerprint density at radius 1 is 0.938 bits per heavy atom. The summed E-state index contributed by atoms with van der Waals surface area (Å²) in [6, 6.07) is 0.174. The summed E-state index contributed by atoms with van der Waals surface area (Å²) in [5.41, 5.74) is 0. The quantitative estimate of drug-likeness (QED) is 0.690. The van der Waals surface area contributed by atoms with Crippen molar-refractivity contribution in [2.24, 2.45) is 17.8 Å². The first kappa shape index (κ1) is 13.2. The van der Waals surface area contributed by atoms with Gasteiger partial charge >= 0.3 is 0 Å². The van der Waals surface area contributed by atoms with Crippen LogP contribution in [0.2, 0.25) is 0 Å². The van der Waals surface area contributed by atoms with E-state index in [-0.39, 0.29) is 35.6 Å². The molecule has 16 heavy (non-hydrogen) atoms. The van der Waals surface area contributed by atoms with Gasteiger partial charge in [-0.1, -0.05) is 27.7 Å². The second kappa shape index (κ2) is 4.56. The predicted octanol–water partition coefficient (Wildman–Crippen LogP) is 2.10. The highest BCUT2D eigenvalue weighted by Gasteiger charge is 2.50. The van der Waals surface area contributed by atoms with Crippen LogP contribution < -0.4 is 0 Å². The molecule has 92 valence electrons. The van der Waals surface area contributed by atoms with Gasteiger partial charge in [0, 0.05) is 12.1 Å². The van der Waals surface area contributed by atoms with Gasteiger partial charge in [0.2, 0.25) is 5.78 Å². The lowest BCUT2D eigenvalue weighted by Gasteiger charge is -2.34. The van der Waals surface area contributed by atoms with E-state index in [0.717, 1.165) is 0 Å². The maximum Gasteiger partial charge on any atom is 0.290 e. The van der Waals surface area contributed by atoms with Crippen molar-refractivity contribution in [1.82, 2.24) is 4.90 Å². The highest BCUT2D eigenvalue weighted by atomic mass is 16.2. The highest BCUT2D eigenvalue weighted by Crippen LogP contribution is 2.34. The lowest BCUT2D eigenvalue weighted by molar-refractivity contribution is -0.142. The van der Waals surface area contributed by atoms with Gasteiger partial charge in [-0.3, -0.25) is 9.59 Å². The SMILES string of the molecule is CC(C)C1C(=O)C(=O)N(C(C)C)C1C(C)C. The van der Waals surface area contributed by atoms with Crippen molar-refractivity contribution in [3.63, 3.8) is 0 Å². The molecule has 2 atom stereocenters. The summed E-state index contributed by atoms with van der Waals surface area (Å²) in [5, 5.41) is 0. The first-order chi connectivity index (χ1) is 7.29. The zero-order chi connectivity index (χ0) is 12.6. The molecule has 0 aromatic rings. The Morgan fingerprint density at radius 2 is 1.44 bits per heavy atom. The standard InChI is InChI=1S/C13H23NO2/c1-7(2)10-11(8(3)4)14(9(5)6)13(16)12(10)15/h7-11H,1-6H3. The molecule has 0 aliphatic carbocycles. The summed E-state index contributed by atoms with van der Waals surface area (Å²) in [6.45, 7) is 12.2. The minimum atomic E-state index is -0.285. The number of ketones is 1. The van der Waals surface area contributed by atoms with Crippen LogP contribution in [0, 0.1) is 17.8 Å². The predicted molar refractivity (Wildman–Crippen MR) is 63.9 cm³/mol. The zero-order valence-corrected chi connectivity index (χ0v) is 11.2. The van der Waals surface area contributed by atoms with Crippen LogP contribution in [0.25, 0.3) is 0 Å². The average molecular weight is 225 g/mol. The molecule has 1 amide bonds. The Bertz CT molecular complexity index is 268. The second-order valence-electron chi connectivity index (χ2n) is 5.67. The molecule has 3 nitrogen and oxygen atoms in total. The van der Waals surface area contributed by atoms with Crippen LogP contribution in [0.15, 0.2) is 0 Å². The molecule has 0 bridgehead atoms. The summed E-state index contributed by atoms with van der Waals surface area (Å²) in [5.74, 6) is -0.0532. The molecule has 2 unspecified atom stereocenters. The molecule has 0 saturated carbocycles. The van der Waals surface area contributed by atoms with Crippen molar-refractivity contribution in [2.45, 2.75) is 53.6 Å². The van der Waals surface area contributed by atoms with E-state index in [1.807, 2.05) is 27.7 Å². The maximum absolute atomic E-state index is 12.0. The third-order valence-corrected chi connectivity index (χ3v) is 3.39. The van der Waals surface area contributed by atoms with Crippen LogP contribution in [-0.2, 0) is 9.59 Å². The summed E-state index contributed by atoms with van der Waals surface area (Å²) in [7, 11) is 0. The molecule has 0 aromatic heterocycles.